The number of hydrogen-bond donors (Lipinski definition) is 0. The third kappa shape index (κ3) is 3.05. The molecule has 1 aromatic rings. The zero-order chi connectivity index (χ0) is 10.7. The molecule has 0 atom stereocenters. The number of Topliss-reactive ketones (excluding diaryl/α,β-unsaturated/α-hetero) is 1. The zero-order valence-electron chi connectivity index (χ0n) is 8.86. The molecule has 1 aromatic heterocycles. The molecule has 0 unspecified atom stereocenters. The first-order chi connectivity index (χ1) is 7.25. The summed E-state index contributed by atoms with van der Waals surface area (Å²) in [6.45, 7) is 1.58. The maximum atomic E-state index is 11.1. The third-order valence-corrected chi connectivity index (χ3v) is 4.64. The van der Waals surface area contributed by atoms with Gasteiger partial charge < -0.3 is 0 Å². The van der Waals surface area contributed by atoms with Crippen LogP contribution in [0.4, 0.5) is 0 Å². The van der Waals surface area contributed by atoms with Crippen LogP contribution in [0.25, 0.3) is 0 Å². The van der Waals surface area contributed by atoms with Crippen molar-refractivity contribution in [3.63, 3.8) is 0 Å². The number of rotatable bonds is 3. The van der Waals surface area contributed by atoms with Crippen molar-refractivity contribution < 1.29 is 4.79 Å². The first kappa shape index (κ1) is 11.1. The minimum absolute atomic E-state index is 0.0803. The van der Waals surface area contributed by atoms with Crippen molar-refractivity contribution in [3.05, 3.63) is 16.1 Å². The molecular formula is C11H15NOS2. The average molecular weight is 241 g/mol. The number of thioether (sulfide) groups is 1. The molecular weight excluding hydrogens is 226 g/mol. The summed E-state index contributed by atoms with van der Waals surface area (Å²) in [7, 11) is 0. The van der Waals surface area contributed by atoms with Crippen molar-refractivity contribution in [1.29, 1.82) is 0 Å². The number of carbonyl (C=O) groups is 1. The van der Waals surface area contributed by atoms with E-state index in [1.165, 1.54) is 24.3 Å². The summed E-state index contributed by atoms with van der Waals surface area (Å²) >= 11 is 3.68. The van der Waals surface area contributed by atoms with Crippen molar-refractivity contribution in [3.8, 4) is 0 Å². The Labute approximate surface area is 98.5 Å². The van der Waals surface area contributed by atoms with Crippen LogP contribution in [0.15, 0.2) is 5.38 Å². The number of carbonyl (C=O) groups excluding carboxylic acids is 1. The summed E-state index contributed by atoms with van der Waals surface area (Å²) < 4.78 is 0. The molecule has 0 aromatic carbocycles. The first-order valence-electron chi connectivity index (χ1n) is 5.29. The summed E-state index contributed by atoms with van der Waals surface area (Å²) in [6, 6.07) is 0. The second kappa shape index (κ2) is 5.12. The summed E-state index contributed by atoms with van der Waals surface area (Å²) in [5, 5.41) is 3.02. The Bertz CT molecular complexity index is 342. The minimum atomic E-state index is 0.0803. The molecule has 15 heavy (non-hydrogen) atoms. The van der Waals surface area contributed by atoms with Crippen LogP contribution in [-0.4, -0.2) is 22.3 Å². The molecule has 2 nitrogen and oxygen atoms in total. The van der Waals surface area contributed by atoms with Crippen molar-refractivity contribution in [2.24, 2.45) is 5.92 Å². The van der Waals surface area contributed by atoms with E-state index in [0.717, 1.165) is 17.3 Å². The molecule has 0 saturated carbocycles. The van der Waals surface area contributed by atoms with Gasteiger partial charge in [0.2, 0.25) is 0 Å². The predicted octanol–water partition coefficient (Wildman–Crippen LogP) is 3.03. The molecule has 82 valence electrons. The van der Waals surface area contributed by atoms with E-state index in [1.54, 1.807) is 18.3 Å². The van der Waals surface area contributed by atoms with Gasteiger partial charge in [-0.3, -0.25) is 4.79 Å². The molecule has 0 N–H and O–H groups in total. The number of thiazole rings is 1. The molecule has 1 saturated heterocycles. The van der Waals surface area contributed by atoms with E-state index in [4.69, 9.17) is 0 Å². The summed E-state index contributed by atoms with van der Waals surface area (Å²) in [6.07, 6.45) is 3.68. The fourth-order valence-electron chi connectivity index (χ4n) is 1.76. The third-order valence-electron chi connectivity index (χ3n) is 2.72. The minimum Gasteiger partial charge on any atom is -0.293 e. The lowest BCUT2D eigenvalue weighted by Crippen LogP contribution is -2.12. The molecule has 2 rings (SSSR count). The van der Waals surface area contributed by atoms with Gasteiger partial charge >= 0.3 is 0 Å². The van der Waals surface area contributed by atoms with Gasteiger partial charge in [-0.15, -0.1) is 11.3 Å². The monoisotopic (exact) mass is 241 g/mol. The van der Waals surface area contributed by atoms with E-state index >= 15 is 0 Å². The van der Waals surface area contributed by atoms with E-state index in [2.05, 4.69) is 4.98 Å². The second-order valence-electron chi connectivity index (χ2n) is 3.94. The Morgan fingerprint density at radius 2 is 2.27 bits per heavy atom. The lowest BCUT2D eigenvalue weighted by Gasteiger charge is -2.19. The van der Waals surface area contributed by atoms with Crippen LogP contribution in [0.1, 0.15) is 35.3 Å². The molecule has 0 amide bonds. The fourth-order valence-corrected chi connectivity index (χ4v) is 3.92. The topological polar surface area (TPSA) is 30.0 Å². The standard InChI is InChI=1S/C11H15NOS2/c1-8(13)10-7-15-11(12-10)6-9-2-4-14-5-3-9/h7,9H,2-6H2,1H3. The van der Waals surface area contributed by atoms with Gasteiger partial charge in [0.25, 0.3) is 0 Å². The first-order valence-corrected chi connectivity index (χ1v) is 7.32. The van der Waals surface area contributed by atoms with E-state index in [0.29, 0.717) is 5.69 Å². The number of aromatic nitrogens is 1. The quantitative estimate of drug-likeness (QED) is 0.762. The molecule has 0 radical (unpaired) electrons. The second-order valence-corrected chi connectivity index (χ2v) is 6.11. The van der Waals surface area contributed by atoms with Crippen LogP contribution >= 0.6 is 23.1 Å². The Hall–Kier alpha value is -0.350. The van der Waals surface area contributed by atoms with Gasteiger partial charge in [0.05, 0.1) is 5.01 Å². The summed E-state index contributed by atoms with van der Waals surface area (Å²) in [5.41, 5.74) is 0.639. The van der Waals surface area contributed by atoms with E-state index < -0.39 is 0 Å². The maximum Gasteiger partial charge on any atom is 0.178 e. The molecule has 2 heterocycles. The molecule has 0 bridgehead atoms. The van der Waals surface area contributed by atoms with Crippen molar-refractivity contribution >= 4 is 28.9 Å². The highest BCUT2D eigenvalue weighted by Crippen LogP contribution is 2.26. The summed E-state index contributed by atoms with van der Waals surface area (Å²) in [5.74, 6) is 3.44. The lowest BCUT2D eigenvalue weighted by atomic mass is 9.99. The van der Waals surface area contributed by atoms with E-state index in [9.17, 15) is 4.79 Å². The molecule has 1 aliphatic heterocycles. The van der Waals surface area contributed by atoms with Crippen LogP contribution < -0.4 is 0 Å². The lowest BCUT2D eigenvalue weighted by molar-refractivity contribution is 0.101. The van der Waals surface area contributed by atoms with E-state index in [-0.39, 0.29) is 5.78 Å². The maximum absolute atomic E-state index is 11.1. The van der Waals surface area contributed by atoms with Crippen molar-refractivity contribution in [2.45, 2.75) is 26.2 Å². The highest BCUT2D eigenvalue weighted by molar-refractivity contribution is 7.99. The molecule has 0 aliphatic carbocycles. The normalized spacial score (nSPS) is 17.9. The van der Waals surface area contributed by atoms with Gasteiger partial charge in [0.1, 0.15) is 5.69 Å². The zero-order valence-corrected chi connectivity index (χ0v) is 10.5. The highest BCUT2D eigenvalue weighted by atomic mass is 32.2. The summed E-state index contributed by atoms with van der Waals surface area (Å²) in [4.78, 5) is 15.5. The largest absolute Gasteiger partial charge is 0.293 e. The highest BCUT2D eigenvalue weighted by Gasteiger charge is 2.16. The number of nitrogens with zero attached hydrogens (tertiary/aromatic N) is 1. The number of ketones is 1. The van der Waals surface area contributed by atoms with Gasteiger partial charge in [-0.05, 0) is 30.3 Å². The van der Waals surface area contributed by atoms with Crippen LogP contribution in [0, 0.1) is 5.92 Å². The van der Waals surface area contributed by atoms with E-state index in [1.807, 2.05) is 17.1 Å². The van der Waals surface area contributed by atoms with Gasteiger partial charge in [-0.1, -0.05) is 0 Å². The van der Waals surface area contributed by atoms with Gasteiger partial charge in [-0.2, -0.15) is 11.8 Å². The Balaban J connectivity index is 1.94. The Morgan fingerprint density at radius 1 is 1.53 bits per heavy atom. The van der Waals surface area contributed by atoms with Gasteiger partial charge in [-0.25, -0.2) is 4.98 Å². The molecule has 0 spiro atoms. The predicted molar refractivity (Wildman–Crippen MR) is 65.9 cm³/mol. The van der Waals surface area contributed by atoms with Crippen LogP contribution in [0.5, 0.6) is 0 Å². The smallest absolute Gasteiger partial charge is 0.178 e. The average Bonchev–Trinajstić information content (AvgIpc) is 2.68. The molecule has 1 aliphatic rings. The molecule has 1 fully saturated rings. The fraction of sp³-hybridized carbons (Fsp3) is 0.636. The Kier molecular flexibility index (Phi) is 3.81. The van der Waals surface area contributed by atoms with Crippen molar-refractivity contribution in [2.75, 3.05) is 11.5 Å². The van der Waals surface area contributed by atoms with Crippen LogP contribution in [-0.2, 0) is 6.42 Å². The Morgan fingerprint density at radius 3 is 2.87 bits per heavy atom. The molecule has 4 heteroatoms. The SMILES string of the molecule is CC(=O)c1csc(CC2CCSCC2)n1. The van der Waals surface area contributed by atoms with Crippen molar-refractivity contribution in [1.82, 2.24) is 4.98 Å². The van der Waals surface area contributed by atoms with Crippen LogP contribution in [0.2, 0.25) is 0 Å². The van der Waals surface area contributed by atoms with Gasteiger partial charge in [0.15, 0.2) is 5.78 Å². The van der Waals surface area contributed by atoms with Crippen LogP contribution in [0.3, 0.4) is 0 Å². The van der Waals surface area contributed by atoms with Gasteiger partial charge in [0, 0.05) is 18.7 Å². The number of hydrogen-bond acceptors (Lipinski definition) is 4.